The molecule has 0 aliphatic rings. The van der Waals surface area contributed by atoms with Crippen LogP contribution in [0.15, 0.2) is 18.2 Å². The normalized spacial score (nSPS) is 14.2. The van der Waals surface area contributed by atoms with Gasteiger partial charge in [0.15, 0.2) is 0 Å². The molecule has 1 aromatic rings. The average molecular weight is 356 g/mol. The summed E-state index contributed by atoms with van der Waals surface area (Å²) >= 11 is 0. The Hall–Kier alpha value is -1.76. The molecular formula is C17H28N2O4S. The van der Waals surface area contributed by atoms with Gasteiger partial charge in [0, 0.05) is 6.04 Å². The molecular weight excluding hydrogens is 328 g/mol. The molecule has 0 radical (unpaired) electrons. The highest BCUT2D eigenvalue weighted by atomic mass is 32.2. The molecule has 0 aliphatic carbocycles. The van der Waals surface area contributed by atoms with Crippen molar-refractivity contribution in [1.82, 2.24) is 5.32 Å². The maximum atomic E-state index is 12.5. The van der Waals surface area contributed by atoms with E-state index in [0.717, 1.165) is 16.1 Å². The third-order valence-corrected chi connectivity index (χ3v) is 5.26. The van der Waals surface area contributed by atoms with E-state index in [1.165, 1.54) is 7.11 Å². The van der Waals surface area contributed by atoms with Gasteiger partial charge in [0.2, 0.25) is 15.9 Å². The van der Waals surface area contributed by atoms with Crippen LogP contribution in [-0.4, -0.2) is 39.8 Å². The Morgan fingerprint density at radius 3 is 2.25 bits per heavy atom. The van der Waals surface area contributed by atoms with E-state index in [9.17, 15) is 13.2 Å². The minimum atomic E-state index is -3.68. The number of amides is 1. The summed E-state index contributed by atoms with van der Waals surface area (Å²) in [7, 11) is -2.20. The van der Waals surface area contributed by atoms with Crippen LogP contribution < -0.4 is 14.4 Å². The Bertz CT molecular complexity index is 686. The minimum Gasteiger partial charge on any atom is -0.495 e. The maximum absolute atomic E-state index is 12.5. The van der Waals surface area contributed by atoms with Crippen molar-refractivity contribution in [3.63, 3.8) is 0 Å². The van der Waals surface area contributed by atoms with Gasteiger partial charge >= 0.3 is 0 Å². The number of carbonyl (C=O) groups is 1. The van der Waals surface area contributed by atoms with Crippen LogP contribution in [0.1, 0.15) is 33.3 Å². The Morgan fingerprint density at radius 2 is 1.79 bits per heavy atom. The van der Waals surface area contributed by atoms with Crippen molar-refractivity contribution < 1.29 is 17.9 Å². The van der Waals surface area contributed by atoms with Crippen LogP contribution in [0.25, 0.3) is 0 Å². The number of benzene rings is 1. The van der Waals surface area contributed by atoms with Crippen molar-refractivity contribution in [2.45, 2.75) is 46.7 Å². The number of methoxy groups -OCH3 is 1. The number of hydrogen-bond acceptors (Lipinski definition) is 4. The van der Waals surface area contributed by atoms with E-state index in [4.69, 9.17) is 4.74 Å². The van der Waals surface area contributed by atoms with Crippen molar-refractivity contribution >= 4 is 21.6 Å². The van der Waals surface area contributed by atoms with E-state index >= 15 is 0 Å². The first-order valence-electron chi connectivity index (χ1n) is 7.93. The Labute approximate surface area is 145 Å². The van der Waals surface area contributed by atoms with Crippen molar-refractivity contribution in [1.29, 1.82) is 0 Å². The van der Waals surface area contributed by atoms with Crippen molar-refractivity contribution in [2.24, 2.45) is 5.92 Å². The second-order valence-corrected chi connectivity index (χ2v) is 8.31. The summed E-state index contributed by atoms with van der Waals surface area (Å²) in [5.41, 5.74) is 1.24. The number of hydrogen-bond donors (Lipinski definition) is 1. The lowest BCUT2D eigenvalue weighted by Gasteiger charge is -2.31. The van der Waals surface area contributed by atoms with Crippen LogP contribution in [0.3, 0.4) is 0 Å². The largest absolute Gasteiger partial charge is 0.495 e. The van der Waals surface area contributed by atoms with E-state index in [2.05, 4.69) is 5.32 Å². The molecule has 0 saturated carbocycles. The molecule has 0 bridgehead atoms. The van der Waals surface area contributed by atoms with E-state index < -0.39 is 16.1 Å². The van der Waals surface area contributed by atoms with Crippen LogP contribution in [0.5, 0.6) is 5.75 Å². The Kier molecular flexibility index (Phi) is 6.66. The molecule has 1 aromatic carbocycles. The fraction of sp³-hybridized carbons (Fsp3) is 0.588. The molecule has 2 atom stereocenters. The number of nitrogens with one attached hydrogen (secondary N) is 1. The number of ether oxygens (including phenoxy) is 1. The molecule has 0 aliphatic heterocycles. The predicted molar refractivity (Wildman–Crippen MR) is 97.0 cm³/mol. The van der Waals surface area contributed by atoms with Gasteiger partial charge in [-0.3, -0.25) is 9.10 Å². The van der Waals surface area contributed by atoms with E-state index in [1.807, 2.05) is 33.8 Å². The molecule has 7 heteroatoms. The van der Waals surface area contributed by atoms with Gasteiger partial charge in [0.25, 0.3) is 0 Å². The quantitative estimate of drug-likeness (QED) is 0.813. The highest BCUT2D eigenvalue weighted by Crippen LogP contribution is 2.32. The zero-order valence-electron chi connectivity index (χ0n) is 15.5. The van der Waals surface area contributed by atoms with Crippen LogP contribution in [0, 0.1) is 12.8 Å². The SMILES string of the molecule is COc1ccc(C)cc1N([C@H](C)C(=O)N[C@H](C)C(C)C)S(C)(=O)=O. The molecule has 0 spiro atoms. The number of nitrogens with zero attached hydrogens (tertiary/aromatic N) is 1. The molecule has 1 amide bonds. The van der Waals surface area contributed by atoms with Crippen LogP contribution in [-0.2, 0) is 14.8 Å². The lowest BCUT2D eigenvalue weighted by Crippen LogP contribution is -2.50. The van der Waals surface area contributed by atoms with E-state index in [1.54, 1.807) is 19.1 Å². The van der Waals surface area contributed by atoms with Gasteiger partial charge in [0.1, 0.15) is 11.8 Å². The second kappa shape index (κ2) is 7.88. The number of carbonyl (C=O) groups excluding carboxylic acids is 1. The summed E-state index contributed by atoms with van der Waals surface area (Å²) < 4.78 is 31.1. The highest BCUT2D eigenvalue weighted by molar-refractivity contribution is 7.92. The molecule has 0 heterocycles. The van der Waals surface area contributed by atoms with Crippen LogP contribution in [0.2, 0.25) is 0 Å². The van der Waals surface area contributed by atoms with Crippen LogP contribution >= 0.6 is 0 Å². The summed E-state index contributed by atoms with van der Waals surface area (Å²) in [5, 5.41) is 2.87. The fourth-order valence-electron chi connectivity index (χ4n) is 2.26. The molecule has 1 N–H and O–H groups in total. The standard InChI is InChI=1S/C17H28N2O4S/c1-11(2)13(4)18-17(20)14(5)19(24(7,21)22)15-10-12(3)8-9-16(15)23-6/h8-11,13-14H,1-7H3,(H,18,20)/t13-,14-/m1/s1. The minimum absolute atomic E-state index is 0.0548. The number of aryl methyl sites for hydroxylation is 1. The lowest BCUT2D eigenvalue weighted by atomic mass is 10.1. The molecule has 6 nitrogen and oxygen atoms in total. The molecule has 0 fully saturated rings. The first-order valence-corrected chi connectivity index (χ1v) is 9.78. The average Bonchev–Trinajstić information content (AvgIpc) is 2.45. The predicted octanol–water partition coefficient (Wildman–Crippen LogP) is 2.32. The molecule has 0 unspecified atom stereocenters. The van der Waals surface area contributed by atoms with Gasteiger partial charge < -0.3 is 10.1 Å². The van der Waals surface area contributed by atoms with Crippen LogP contribution in [0.4, 0.5) is 5.69 Å². The third-order valence-electron chi connectivity index (χ3n) is 4.03. The first kappa shape index (κ1) is 20.3. The molecule has 0 aromatic heterocycles. The molecule has 24 heavy (non-hydrogen) atoms. The lowest BCUT2D eigenvalue weighted by molar-refractivity contribution is -0.122. The molecule has 136 valence electrons. The molecule has 0 saturated heterocycles. The highest BCUT2D eigenvalue weighted by Gasteiger charge is 2.32. The summed E-state index contributed by atoms with van der Waals surface area (Å²) in [6.45, 7) is 9.31. The van der Waals surface area contributed by atoms with Gasteiger partial charge in [-0.25, -0.2) is 8.42 Å². The summed E-state index contributed by atoms with van der Waals surface area (Å²) in [5.74, 6) is 0.314. The van der Waals surface area contributed by atoms with Gasteiger partial charge in [-0.2, -0.15) is 0 Å². The van der Waals surface area contributed by atoms with Gasteiger partial charge in [-0.15, -0.1) is 0 Å². The first-order chi connectivity index (χ1) is 11.0. The smallest absolute Gasteiger partial charge is 0.243 e. The van der Waals surface area contributed by atoms with Gasteiger partial charge in [-0.05, 0) is 44.4 Å². The second-order valence-electron chi connectivity index (χ2n) is 6.45. The monoisotopic (exact) mass is 356 g/mol. The zero-order valence-corrected chi connectivity index (χ0v) is 16.3. The topological polar surface area (TPSA) is 75.7 Å². The number of rotatable bonds is 7. The zero-order chi connectivity index (χ0) is 18.7. The Morgan fingerprint density at radius 1 is 1.21 bits per heavy atom. The third kappa shape index (κ3) is 4.87. The molecule has 1 rings (SSSR count). The number of sulfonamides is 1. The van der Waals surface area contributed by atoms with E-state index in [-0.39, 0.29) is 17.9 Å². The van der Waals surface area contributed by atoms with Gasteiger partial charge in [0.05, 0.1) is 19.1 Å². The summed E-state index contributed by atoms with van der Waals surface area (Å²) in [4.78, 5) is 12.5. The van der Waals surface area contributed by atoms with Crippen molar-refractivity contribution in [3.8, 4) is 5.75 Å². The fourth-order valence-corrected chi connectivity index (χ4v) is 3.44. The van der Waals surface area contributed by atoms with Crippen molar-refractivity contribution in [2.75, 3.05) is 17.7 Å². The summed E-state index contributed by atoms with van der Waals surface area (Å²) in [6, 6.07) is 4.28. The van der Waals surface area contributed by atoms with Crippen molar-refractivity contribution in [3.05, 3.63) is 23.8 Å². The number of anilines is 1. The van der Waals surface area contributed by atoms with Gasteiger partial charge in [-0.1, -0.05) is 19.9 Å². The summed E-state index contributed by atoms with van der Waals surface area (Å²) in [6.07, 6.45) is 1.09. The Balaban J connectivity index is 3.29. The van der Waals surface area contributed by atoms with E-state index in [0.29, 0.717) is 11.4 Å². The maximum Gasteiger partial charge on any atom is 0.243 e.